The summed E-state index contributed by atoms with van der Waals surface area (Å²) < 4.78 is 5.44. The fourth-order valence-corrected chi connectivity index (χ4v) is 2.64. The maximum atomic E-state index is 12.4. The lowest BCUT2D eigenvalue weighted by atomic mass is 10.1. The van der Waals surface area contributed by atoms with Crippen molar-refractivity contribution in [2.45, 2.75) is 45.6 Å². The molecule has 1 aromatic carbocycles. The summed E-state index contributed by atoms with van der Waals surface area (Å²) in [4.78, 5) is 25.7. The SMILES string of the molecule is C=C1c2ccccc2C(=O)N1CCC(CC)OC(=O)CCC. The summed E-state index contributed by atoms with van der Waals surface area (Å²) in [5.41, 5.74) is 2.32. The van der Waals surface area contributed by atoms with Gasteiger partial charge in [0.25, 0.3) is 5.91 Å². The van der Waals surface area contributed by atoms with Gasteiger partial charge in [-0.15, -0.1) is 0 Å². The number of hydrogen-bond donors (Lipinski definition) is 0. The standard InChI is InChI=1S/C18H23NO3/c1-4-8-17(20)22-14(5-2)11-12-19-13(3)15-9-6-7-10-16(15)18(19)21/h6-7,9-10,14H,3-5,8,11-12H2,1-2H3. The van der Waals surface area contributed by atoms with Crippen molar-refractivity contribution in [3.63, 3.8) is 0 Å². The lowest BCUT2D eigenvalue weighted by Gasteiger charge is -2.21. The number of nitrogens with zero attached hydrogens (tertiary/aromatic N) is 1. The normalized spacial score (nSPS) is 14.9. The second-order valence-electron chi connectivity index (χ2n) is 5.51. The maximum Gasteiger partial charge on any atom is 0.306 e. The monoisotopic (exact) mass is 301 g/mol. The van der Waals surface area contributed by atoms with Gasteiger partial charge < -0.3 is 9.64 Å². The molecule has 0 spiro atoms. The minimum Gasteiger partial charge on any atom is -0.462 e. The van der Waals surface area contributed by atoms with Gasteiger partial charge in [0.15, 0.2) is 0 Å². The predicted octanol–water partition coefficient (Wildman–Crippen LogP) is 3.63. The third kappa shape index (κ3) is 3.38. The average Bonchev–Trinajstić information content (AvgIpc) is 2.76. The topological polar surface area (TPSA) is 46.6 Å². The Balaban J connectivity index is 1.96. The summed E-state index contributed by atoms with van der Waals surface area (Å²) in [6.07, 6.45) is 2.45. The van der Waals surface area contributed by atoms with E-state index in [0.29, 0.717) is 24.9 Å². The zero-order valence-corrected chi connectivity index (χ0v) is 13.3. The number of amides is 1. The molecule has 1 aliphatic heterocycles. The summed E-state index contributed by atoms with van der Waals surface area (Å²) in [5, 5.41) is 0. The van der Waals surface area contributed by atoms with Crippen LogP contribution in [0.25, 0.3) is 5.70 Å². The third-order valence-electron chi connectivity index (χ3n) is 3.92. The molecule has 0 radical (unpaired) electrons. The van der Waals surface area contributed by atoms with E-state index in [1.54, 1.807) is 4.90 Å². The van der Waals surface area contributed by atoms with E-state index in [0.717, 1.165) is 24.1 Å². The molecule has 1 atom stereocenters. The van der Waals surface area contributed by atoms with Gasteiger partial charge in [0, 0.05) is 36.2 Å². The molecule has 118 valence electrons. The van der Waals surface area contributed by atoms with Crippen molar-refractivity contribution < 1.29 is 14.3 Å². The Hall–Kier alpha value is -2.10. The number of ether oxygens (including phenoxy) is 1. The number of hydrogen-bond acceptors (Lipinski definition) is 3. The number of carbonyl (C=O) groups is 2. The summed E-state index contributed by atoms with van der Waals surface area (Å²) in [6.45, 7) is 8.47. The molecule has 1 unspecified atom stereocenters. The predicted molar refractivity (Wildman–Crippen MR) is 86.2 cm³/mol. The van der Waals surface area contributed by atoms with Crippen LogP contribution in [0.5, 0.6) is 0 Å². The van der Waals surface area contributed by atoms with Crippen molar-refractivity contribution in [2.75, 3.05) is 6.54 Å². The number of rotatable bonds is 7. The van der Waals surface area contributed by atoms with E-state index in [9.17, 15) is 9.59 Å². The first-order chi connectivity index (χ1) is 10.6. The van der Waals surface area contributed by atoms with Crippen LogP contribution >= 0.6 is 0 Å². The Morgan fingerprint density at radius 3 is 2.55 bits per heavy atom. The first kappa shape index (κ1) is 16.3. The third-order valence-corrected chi connectivity index (χ3v) is 3.92. The van der Waals surface area contributed by atoms with Crippen LogP contribution < -0.4 is 0 Å². The molecule has 1 aromatic rings. The average molecular weight is 301 g/mol. The highest BCUT2D eigenvalue weighted by atomic mass is 16.5. The van der Waals surface area contributed by atoms with Crippen LogP contribution in [0.3, 0.4) is 0 Å². The van der Waals surface area contributed by atoms with Crippen molar-refractivity contribution in [1.29, 1.82) is 0 Å². The van der Waals surface area contributed by atoms with Crippen molar-refractivity contribution in [1.82, 2.24) is 4.90 Å². The van der Waals surface area contributed by atoms with E-state index in [-0.39, 0.29) is 18.0 Å². The van der Waals surface area contributed by atoms with Crippen LogP contribution in [0.2, 0.25) is 0 Å². The van der Waals surface area contributed by atoms with Gasteiger partial charge in [-0.05, 0) is 18.9 Å². The van der Waals surface area contributed by atoms with Crippen molar-refractivity contribution in [3.8, 4) is 0 Å². The molecule has 1 aliphatic rings. The Morgan fingerprint density at radius 1 is 1.27 bits per heavy atom. The Morgan fingerprint density at radius 2 is 1.95 bits per heavy atom. The summed E-state index contributed by atoms with van der Waals surface area (Å²) in [7, 11) is 0. The number of carbonyl (C=O) groups excluding carboxylic acids is 2. The van der Waals surface area contributed by atoms with Crippen LogP contribution in [-0.2, 0) is 9.53 Å². The van der Waals surface area contributed by atoms with Gasteiger partial charge in [-0.2, -0.15) is 0 Å². The first-order valence-corrected chi connectivity index (χ1v) is 7.88. The molecule has 4 heteroatoms. The molecule has 22 heavy (non-hydrogen) atoms. The highest BCUT2D eigenvalue weighted by Crippen LogP contribution is 2.31. The smallest absolute Gasteiger partial charge is 0.306 e. The Bertz CT molecular complexity index is 544. The highest BCUT2D eigenvalue weighted by molar-refractivity contribution is 6.08. The van der Waals surface area contributed by atoms with Gasteiger partial charge in [-0.3, -0.25) is 9.59 Å². The van der Waals surface area contributed by atoms with Gasteiger partial charge in [0.1, 0.15) is 6.10 Å². The molecule has 0 fully saturated rings. The number of benzene rings is 1. The zero-order chi connectivity index (χ0) is 16.1. The zero-order valence-electron chi connectivity index (χ0n) is 13.3. The van der Waals surface area contributed by atoms with Gasteiger partial charge in [-0.25, -0.2) is 0 Å². The molecule has 0 saturated carbocycles. The summed E-state index contributed by atoms with van der Waals surface area (Å²) >= 11 is 0. The number of fused-ring (bicyclic) bond motifs is 1. The van der Waals surface area contributed by atoms with E-state index >= 15 is 0 Å². The van der Waals surface area contributed by atoms with Gasteiger partial charge >= 0.3 is 5.97 Å². The molecule has 0 saturated heterocycles. The van der Waals surface area contributed by atoms with E-state index in [1.165, 1.54) is 0 Å². The minimum absolute atomic E-state index is 0.0182. The van der Waals surface area contributed by atoms with Gasteiger partial charge in [0.2, 0.25) is 0 Å². The lowest BCUT2D eigenvalue weighted by Crippen LogP contribution is -2.28. The fraction of sp³-hybridized carbons (Fsp3) is 0.444. The molecule has 2 rings (SSSR count). The molecular weight excluding hydrogens is 278 g/mol. The second kappa shape index (κ2) is 7.25. The Kier molecular flexibility index (Phi) is 5.36. The summed E-state index contributed by atoms with van der Waals surface area (Å²) in [5.74, 6) is -0.181. The number of esters is 1. The molecule has 1 heterocycles. The van der Waals surface area contributed by atoms with Gasteiger partial charge in [-0.1, -0.05) is 38.6 Å². The van der Waals surface area contributed by atoms with Crippen LogP contribution in [0, 0.1) is 0 Å². The maximum absolute atomic E-state index is 12.4. The summed E-state index contributed by atoms with van der Waals surface area (Å²) in [6, 6.07) is 7.49. The molecule has 0 aromatic heterocycles. The van der Waals surface area contributed by atoms with E-state index in [1.807, 2.05) is 38.1 Å². The molecular formula is C18H23NO3. The largest absolute Gasteiger partial charge is 0.462 e. The molecule has 4 nitrogen and oxygen atoms in total. The van der Waals surface area contributed by atoms with E-state index in [2.05, 4.69) is 6.58 Å². The second-order valence-corrected chi connectivity index (χ2v) is 5.51. The van der Waals surface area contributed by atoms with Crippen LogP contribution in [-0.4, -0.2) is 29.4 Å². The van der Waals surface area contributed by atoms with Crippen LogP contribution in [0.1, 0.15) is 55.5 Å². The minimum atomic E-state index is -0.163. The molecule has 0 N–H and O–H groups in total. The molecule has 1 amide bonds. The van der Waals surface area contributed by atoms with E-state index < -0.39 is 0 Å². The van der Waals surface area contributed by atoms with Crippen molar-refractivity contribution in [3.05, 3.63) is 42.0 Å². The van der Waals surface area contributed by atoms with Crippen LogP contribution in [0.15, 0.2) is 30.8 Å². The van der Waals surface area contributed by atoms with E-state index in [4.69, 9.17) is 4.74 Å². The van der Waals surface area contributed by atoms with Crippen LogP contribution in [0.4, 0.5) is 0 Å². The highest BCUT2D eigenvalue weighted by Gasteiger charge is 2.30. The van der Waals surface area contributed by atoms with Crippen molar-refractivity contribution >= 4 is 17.6 Å². The van der Waals surface area contributed by atoms with Gasteiger partial charge in [0.05, 0.1) is 0 Å². The molecule has 0 bridgehead atoms. The Labute approximate surface area is 131 Å². The first-order valence-electron chi connectivity index (χ1n) is 7.88. The lowest BCUT2D eigenvalue weighted by molar-refractivity contribution is -0.149. The van der Waals surface area contributed by atoms with Crippen molar-refractivity contribution in [2.24, 2.45) is 0 Å². The fourth-order valence-electron chi connectivity index (χ4n) is 2.64. The quantitative estimate of drug-likeness (QED) is 0.723. The molecule has 0 aliphatic carbocycles.